The summed E-state index contributed by atoms with van der Waals surface area (Å²) in [6.45, 7) is 7.32. The van der Waals surface area contributed by atoms with Gasteiger partial charge in [-0.25, -0.2) is 0 Å². The number of hydrogen-bond donors (Lipinski definition) is 0. The van der Waals surface area contributed by atoms with E-state index in [-0.39, 0.29) is 6.29 Å². The van der Waals surface area contributed by atoms with Crippen molar-refractivity contribution in [3.63, 3.8) is 0 Å². The van der Waals surface area contributed by atoms with Crippen LogP contribution < -0.4 is 0 Å². The van der Waals surface area contributed by atoms with Crippen LogP contribution in [-0.4, -0.2) is 12.9 Å². The predicted molar refractivity (Wildman–Crippen MR) is 78.2 cm³/mol. The second-order valence-corrected chi connectivity index (χ2v) is 5.39. The summed E-state index contributed by atoms with van der Waals surface area (Å²) < 4.78 is 11.1. The molecule has 2 rings (SSSR count). The second-order valence-electron chi connectivity index (χ2n) is 5.39. The van der Waals surface area contributed by atoms with Gasteiger partial charge in [-0.15, -0.1) is 0 Å². The van der Waals surface area contributed by atoms with Gasteiger partial charge in [0.1, 0.15) is 0 Å². The van der Waals surface area contributed by atoms with Crippen molar-refractivity contribution in [1.29, 1.82) is 0 Å². The first-order chi connectivity index (χ1) is 9.16. The average molecular weight is 260 g/mol. The fourth-order valence-corrected chi connectivity index (χ4v) is 2.66. The normalized spacial score (nSPS) is 19.8. The first-order valence-corrected chi connectivity index (χ1v) is 7.15. The molecule has 0 saturated carbocycles. The third-order valence-electron chi connectivity index (χ3n) is 3.63. The van der Waals surface area contributed by atoms with Crippen molar-refractivity contribution < 1.29 is 9.47 Å². The van der Waals surface area contributed by atoms with Crippen LogP contribution in [0.25, 0.3) is 0 Å². The van der Waals surface area contributed by atoms with E-state index in [0.29, 0.717) is 0 Å². The molecule has 0 aliphatic carbocycles. The molecule has 0 spiro atoms. The van der Waals surface area contributed by atoms with Crippen LogP contribution in [0.15, 0.2) is 24.5 Å². The van der Waals surface area contributed by atoms with Crippen LogP contribution >= 0.6 is 0 Å². The Hall–Kier alpha value is -1.28. The van der Waals surface area contributed by atoms with Gasteiger partial charge in [0.2, 0.25) is 0 Å². The van der Waals surface area contributed by atoms with Gasteiger partial charge in [-0.1, -0.05) is 17.7 Å². The van der Waals surface area contributed by atoms with Crippen LogP contribution in [0.4, 0.5) is 0 Å². The molecule has 1 atom stereocenters. The highest BCUT2D eigenvalue weighted by Gasteiger charge is 2.12. The number of ether oxygens (including phenoxy) is 2. The molecule has 0 radical (unpaired) electrons. The lowest BCUT2D eigenvalue weighted by Crippen LogP contribution is -2.20. The molecule has 1 aliphatic rings. The summed E-state index contributed by atoms with van der Waals surface area (Å²) in [7, 11) is 0. The number of rotatable bonds is 4. The molecular weight excluding hydrogens is 236 g/mol. The van der Waals surface area contributed by atoms with Crippen LogP contribution in [-0.2, 0) is 15.9 Å². The van der Waals surface area contributed by atoms with E-state index in [2.05, 4.69) is 39.0 Å². The molecule has 2 heteroatoms. The quantitative estimate of drug-likeness (QED) is 0.755. The van der Waals surface area contributed by atoms with Crippen molar-refractivity contribution in [3.05, 3.63) is 46.7 Å². The molecule has 1 unspecified atom stereocenters. The molecule has 1 aliphatic heterocycles. The summed E-state index contributed by atoms with van der Waals surface area (Å²) in [5, 5.41) is 0. The highest BCUT2D eigenvalue weighted by Crippen LogP contribution is 2.18. The summed E-state index contributed by atoms with van der Waals surface area (Å²) in [6, 6.07) is 4.47. The van der Waals surface area contributed by atoms with Crippen molar-refractivity contribution in [3.8, 4) is 0 Å². The first-order valence-electron chi connectivity index (χ1n) is 7.15. The second kappa shape index (κ2) is 6.76. The molecule has 0 aromatic heterocycles. The number of hydrogen-bond acceptors (Lipinski definition) is 2. The maximum Gasteiger partial charge on any atom is 0.198 e. The first kappa shape index (κ1) is 14.1. The van der Waals surface area contributed by atoms with Gasteiger partial charge in [-0.3, -0.25) is 0 Å². The topological polar surface area (TPSA) is 18.5 Å². The van der Waals surface area contributed by atoms with Crippen molar-refractivity contribution >= 4 is 0 Å². The maximum absolute atomic E-state index is 5.61. The minimum Gasteiger partial charge on any atom is -0.473 e. The standard InChI is InChI=1S/C17H24O2/c1-13-11-14(2)16(15(3)12-13)7-6-10-19-17-8-4-5-9-18-17/h6,10-12,17H,4-5,7-9H2,1-3H3/b10-6+. The zero-order valence-corrected chi connectivity index (χ0v) is 12.2. The molecule has 1 saturated heterocycles. The average Bonchev–Trinajstić information content (AvgIpc) is 2.38. The summed E-state index contributed by atoms with van der Waals surface area (Å²) in [5.41, 5.74) is 5.44. The van der Waals surface area contributed by atoms with Crippen molar-refractivity contribution in [1.82, 2.24) is 0 Å². The number of aryl methyl sites for hydroxylation is 3. The Morgan fingerprint density at radius 1 is 1.21 bits per heavy atom. The third-order valence-corrected chi connectivity index (χ3v) is 3.63. The summed E-state index contributed by atoms with van der Waals surface area (Å²) in [4.78, 5) is 0. The van der Waals surface area contributed by atoms with Crippen LogP contribution in [0.5, 0.6) is 0 Å². The highest BCUT2D eigenvalue weighted by atomic mass is 16.7. The molecule has 1 heterocycles. The van der Waals surface area contributed by atoms with Crippen LogP contribution in [0.1, 0.15) is 41.5 Å². The largest absolute Gasteiger partial charge is 0.473 e. The molecule has 2 nitrogen and oxygen atoms in total. The minimum atomic E-state index is -0.0368. The van der Waals surface area contributed by atoms with E-state index >= 15 is 0 Å². The molecule has 1 aromatic carbocycles. The molecular formula is C17H24O2. The molecule has 1 fully saturated rings. The molecule has 0 N–H and O–H groups in total. The minimum absolute atomic E-state index is 0.0368. The van der Waals surface area contributed by atoms with E-state index in [4.69, 9.17) is 9.47 Å². The van der Waals surface area contributed by atoms with E-state index in [1.54, 1.807) is 6.26 Å². The van der Waals surface area contributed by atoms with Gasteiger partial charge in [-0.05, 0) is 62.8 Å². The fraction of sp³-hybridized carbons (Fsp3) is 0.529. The molecule has 104 valence electrons. The van der Waals surface area contributed by atoms with Crippen molar-refractivity contribution in [2.75, 3.05) is 6.61 Å². The molecule has 19 heavy (non-hydrogen) atoms. The van der Waals surface area contributed by atoms with Gasteiger partial charge in [0.25, 0.3) is 0 Å². The highest BCUT2D eigenvalue weighted by molar-refractivity contribution is 5.38. The lowest BCUT2D eigenvalue weighted by Gasteiger charge is -2.21. The third kappa shape index (κ3) is 4.10. The Bertz CT molecular complexity index is 420. The monoisotopic (exact) mass is 260 g/mol. The Morgan fingerprint density at radius 3 is 2.58 bits per heavy atom. The van der Waals surface area contributed by atoms with Gasteiger partial charge in [-0.2, -0.15) is 0 Å². The Balaban J connectivity index is 1.87. The molecule has 0 amide bonds. The summed E-state index contributed by atoms with van der Waals surface area (Å²) in [5.74, 6) is 0. The summed E-state index contributed by atoms with van der Waals surface area (Å²) in [6.07, 6.45) is 8.14. The SMILES string of the molecule is Cc1cc(C)c(C/C=C/OC2CCCCO2)c(C)c1. The predicted octanol–water partition coefficient (Wildman–Crippen LogP) is 4.21. The van der Waals surface area contributed by atoms with Crippen LogP contribution in [0, 0.1) is 20.8 Å². The van der Waals surface area contributed by atoms with E-state index in [1.165, 1.54) is 28.7 Å². The fourth-order valence-electron chi connectivity index (χ4n) is 2.66. The Labute approximate surface area is 116 Å². The smallest absolute Gasteiger partial charge is 0.198 e. The van der Waals surface area contributed by atoms with E-state index in [9.17, 15) is 0 Å². The van der Waals surface area contributed by atoms with Crippen LogP contribution in [0.3, 0.4) is 0 Å². The van der Waals surface area contributed by atoms with E-state index in [1.807, 2.05) is 0 Å². The lowest BCUT2D eigenvalue weighted by molar-refractivity contribution is -0.129. The molecule has 1 aromatic rings. The van der Waals surface area contributed by atoms with Gasteiger partial charge in [0.15, 0.2) is 6.29 Å². The van der Waals surface area contributed by atoms with E-state index < -0.39 is 0 Å². The number of allylic oxidation sites excluding steroid dienone is 1. The van der Waals surface area contributed by atoms with Gasteiger partial charge in [0, 0.05) is 6.42 Å². The Kier molecular flexibility index (Phi) is 5.03. The van der Waals surface area contributed by atoms with Crippen LogP contribution in [0.2, 0.25) is 0 Å². The van der Waals surface area contributed by atoms with Gasteiger partial charge >= 0.3 is 0 Å². The zero-order valence-electron chi connectivity index (χ0n) is 12.2. The van der Waals surface area contributed by atoms with E-state index in [0.717, 1.165) is 25.9 Å². The maximum atomic E-state index is 5.61. The van der Waals surface area contributed by atoms with Crippen molar-refractivity contribution in [2.45, 2.75) is 52.7 Å². The molecule has 0 bridgehead atoms. The number of benzene rings is 1. The Morgan fingerprint density at radius 2 is 1.95 bits per heavy atom. The van der Waals surface area contributed by atoms with Gasteiger partial charge in [0.05, 0.1) is 12.9 Å². The van der Waals surface area contributed by atoms with Crippen molar-refractivity contribution in [2.24, 2.45) is 0 Å². The summed E-state index contributed by atoms with van der Waals surface area (Å²) >= 11 is 0. The van der Waals surface area contributed by atoms with Gasteiger partial charge < -0.3 is 9.47 Å². The zero-order chi connectivity index (χ0) is 13.7. The lowest BCUT2D eigenvalue weighted by atomic mass is 9.97.